The number of H-pyrrole nitrogens is 1. The molecular weight excluding hydrogens is 538 g/mol. The van der Waals surface area contributed by atoms with Crippen molar-refractivity contribution < 1.29 is 31.1 Å². The first-order valence-electron chi connectivity index (χ1n) is 7.47. The van der Waals surface area contributed by atoms with Gasteiger partial charge in [-0.05, 0) is 11.1 Å². The zero-order valence-electron chi connectivity index (χ0n) is 13.5. The van der Waals surface area contributed by atoms with Crippen LogP contribution in [-0.4, -0.2) is 20.0 Å². The van der Waals surface area contributed by atoms with Crippen molar-refractivity contribution in [3.63, 3.8) is 0 Å². The van der Waals surface area contributed by atoms with Crippen LogP contribution in [0.25, 0.3) is 11.0 Å². The molecule has 0 spiro atoms. The van der Waals surface area contributed by atoms with Gasteiger partial charge < -0.3 is 0 Å². The van der Waals surface area contributed by atoms with E-state index >= 15 is 0 Å². The zero-order valence-corrected chi connectivity index (χ0v) is 17.7. The molecule has 2 heterocycles. The number of nitrogens with one attached hydrogen (secondary N) is 1. The fraction of sp³-hybridized carbons (Fsp3) is 0.0526. The van der Waals surface area contributed by atoms with Crippen molar-refractivity contribution in [3.8, 4) is 0 Å². The quantitative estimate of drug-likeness (QED) is 0.388. The molecule has 4 rings (SSSR count). The van der Waals surface area contributed by atoms with Crippen LogP contribution in [0.15, 0.2) is 71.5 Å². The van der Waals surface area contributed by atoms with Gasteiger partial charge in [0.25, 0.3) is 5.56 Å². The normalized spacial score (nSPS) is 9.76. The predicted molar refractivity (Wildman–Crippen MR) is 93.4 cm³/mol. The number of aromatic amines is 1. The van der Waals surface area contributed by atoms with E-state index < -0.39 is 0 Å². The van der Waals surface area contributed by atoms with Gasteiger partial charge in [0.1, 0.15) is 0 Å². The van der Waals surface area contributed by atoms with Gasteiger partial charge >= 0.3 is 31.1 Å². The number of fused-ring (bicyclic) bond motifs is 1. The first-order valence-corrected chi connectivity index (χ1v) is 7.47. The molecule has 0 aliphatic carbocycles. The van der Waals surface area contributed by atoms with Crippen LogP contribution in [0.1, 0.15) is 11.3 Å². The van der Waals surface area contributed by atoms with E-state index in [9.17, 15) is 4.79 Å². The van der Waals surface area contributed by atoms with Crippen LogP contribution in [-0.2, 0) is 6.54 Å². The molecule has 0 atom stereocenters. The summed E-state index contributed by atoms with van der Waals surface area (Å²) in [6.07, 6.45) is 0. The molecule has 0 aliphatic heterocycles. The first kappa shape index (κ1) is 19.0. The second-order valence-corrected chi connectivity index (χ2v) is 5.14. The van der Waals surface area contributed by atoms with E-state index in [0.29, 0.717) is 23.3 Å². The molecule has 0 aliphatic rings. The zero-order chi connectivity index (χ0) is 16.8. The third-order valence-electron chi connectivity index (χ3n) is 3.36. The number of benzene rings is 2. The maximum atomic E-state index is 11.9. The second kappa shape index (κ2) is 9.26. The molecule has 1 N–H and O–H groups in total. The summed E-state index contributed by atoms with van der Waals surface area (Å²) < 4.78 is 1.42. The van der Waals surface area contributed by atoms with Crippen molar-refractivity contribution in [1.82, 2.24) is 20.0 Å². The Morgan fingerprint density at radius 3 is 2.36 bits per heavy atom. The summed E-state index contributed by atoms with van der Waals surface area (Å²) in [7, 11) is 0. The molecule has 25 heavy (non-hydrogen) atoms. The molecule has 0 saturated carbocycles. The summed E-state index contributed by atoms with van der Waals surface area (Å²) in [5.41, 5.74) is 2.67. The fourth-order valence-electron chi connectivity index (χ4n) is 2.18. The van der Waals surface area contributed by atoms with Gasteiger partial charge in [0, 0.05) is 11.6 Å². The van der Waals surface area contributed by atoms with Gasteiger partial charge in [-0.1, -0.05) is 36.0 Å². The Morgan fingerprint density at radius 2 is 1.76 bits per heavy atom. The van der Waals surface area contributed by atoms with Gasteiger partial charge in [-0.15, -0.1) is 0 Å². The van der Waals surface area contributed by atoms with E-state index in [0.717, 1.165) is 5.56 Å². The van der Waals surface area contributed by atoms with E-state index in [-0.39, 0.29) is 36.7 Å². The van der Waals surface area contributed by atoms with Crippen LogP contribution in [0.4, 0.5) is 0 Å². The SMILES string of the molecule is [CH2-]c1n[nH]c2cc(=O)n(Cc3ccccc3)nc12.[U+2].[c-]1ccccc1. The largest absolute Gasteiger partial charge is 2.00 e. The Hall–Kier alpha value is -2.29. The average molecular weight is 554 g/mol. The van der Waals surface area contributed by atoms with Gasteiger partial charge in [0.2, 0.25) is 0 Å². The number of nitrogens with zero attached hydrogens (tertiary/aromatic N) is 3. The summed E-state index contributed by atoms with van der Waals surface area (Å²) in [5.74, 6) is 0. The van der Waals surface area contributed by atoms with Crippen molar-refractivity contribution in [1.29, 1.82) is 0 Å². The second-order valence-electron chi connectivity index (χ2n) is 5.14. The van der Waals surface area contributed by atoms with E-state index in [4.69, 9.17) is 0 Å². The molecular formula is C19H16N4OU. The summed E-state index contributed by atoms with van der Waals surface area (Å²) in [6, 6.07) is 23.7. The monoisotopic (exact) mass is 554 g/mol. The van der Waals surface area contributed by atoms with Crippen molar-refractivity contribution in [3.05, 3.63) is 101 Å². The maximum absolute atomic E-state index is 11.9. The van der Waals surface area contributed by atoms with Crippen molar-refractivity contribution >= 4 is 11.0 Å². The smallest absolute Gasteiger partial charge is 0.296 e. The van der Waals surface area contributed by atoms with Crippen molar-refractivity contribution in [2.75, 3.05) is 0 Å². The van der Waals surface area contributed by atoms with Crippen molar-refractivity contribution in [2.24, 2.45) is 0 Å². The summed E-state index contributed by atoms with van der Waals surface area (Å²) in [4.78, 5) is 11.9. The summed E-state index contributed by atoms with van der Waals surface area (Å²) >= 11 is 0. The average Bonchev–Trinajstić information content (AvgIpc) is 2.98. The van der Waals surface area contributed by atoms with Crippen LogP contribution in [0.3, 0.4) is 0 Å². The third-order valence-corrected chi connectivity index (χ3v) is 3.36. The molecule has 0 saturated heterocycles. The Balaban J connectivity index is 0.000000275. The van der Waals surface area contributed by atoms with Gasteiger partial charge in [0.05, 0.1) is 6.54 Å². The molecule has 2 aromatic carbocycles. The van der Waals surface area contributed by atoms with Crippen LogP contribution >= 0.6 is 0 Å². The van der Waals surface area contributed by atoms with Crippen LogP contribution in [0.2, 0.25) is 0 Å². The molecule has 4 aromatic rings. The first-order chi connectivity index (χ1) is 11.7. The molecule has 0 amide bonds. The number of hydrogen-bond donors (Lipinski definition) is 1. The number of aromatic nitrogens is 4. The standard InChI is InChI=1S/C13H11N4O.C6H5.U/c1-9-13-11(15-14-9)7-12(18)17(16-13)8-10-5-3-2-4-6-10;1-2-4-6-5-3-1;/h2-7,15H,1,8H2;1-5H;/q2*-1;+2. The predicted octanol–water partition coefficient (Wildman–Crippen LogP) is 2.84. The Bertz CT molecular complexity index is 938. The molecule has 0 fully saturated rings. The van der Waals surface area contributed by atoms with Gasteiger partial charge in [-0.3, -0.25) is 15.0 Å². The van der Waals surface area contributed by atoms with Crippen LogP contribution in [0.5, 0.6) is 0 Å². The Labute approximate surface area is 169 Å². The molecule has 2 aromatic heterocycles. The Morgan fingerprint density at radius 1 is 1.08 bits per heavy atom. The molecule has 5 nitrogen and oxygen atoms in total. The molecule has 0 unspecified atom stereocenters. The van der Waals surface area contributed by atoms with Crippen LogP contribution < -0.4 is 5.56 Å². The van der Waals surface area contributed by atoms with E-state index in [2.05, 4.69) is 28.3 Å². The van der Waals surface area contributed by atoms with E-state index in [1.54, 1.807) is 0 Å². The molecule has 6 heteroatoms. The minimum Gasteiger partial charge on any atom is -0.296 e. The van der Waals surface area contributed by atoms with Crippen LogP contribution in [0, 0.1) is 44.1 Å². The minimum atomic E-state index is -0.157. The maximum Gasteiger partial charge on any atom is 2.00 e. The summed E-state index contributed by atoms with van der Waals surface area (Å²) in [6.45, 7) is 4.21. The number of hydrogen-bond acceptors (Lipinski definition) is 3. The van der Waals surface area contributed by atoms with Gasteiger partial charge in [-0.2, -0.15) is 36.4 Å². The molecule has 0 bridgehead atoms. The Kier molecular flexibility index (Phi) is 7.05. The van der Waals surface area contributed by atoms with E-state index in [1.165, 1.54) is 10.7 Å². The molecule has 0 radical (unpaired) electrons. The minimum absolute atomic E-state index is 0. The number of rotatable bonds is 2. The third kappa shape index (κ3) is 5.09. The summed E-state index contributed by atoms with van der Waals surface area (Å²) in [5, 5.41) is 10.9. The van der Waals surface area contributed by atoms with Gasteiger partial charge in [0.15, 0.2) is 0 Å². The fourth-order valence-corrected chi connectivity index (χ4v) is 2.18. The van der Waals surface area contributed by atoms with E-state index in [1.807, 2.05) is 60.7 Å². The molecule has 122 valence electrons. The van der Waals surface area contributed by atoms with Crippen molar-refractivity contribution in [2.45, 2.75) is 6.54 Å². The topological polar surface area (TPSA) is 63.6 Å². The van der Waals surface area contributed by atoms with Gasteiger partial charge in [-0.25, -0.2) is 16.7 Å².